The summed E-state index contributed by atoms with van der Waals surface area (Å²) in [5.41, 5.74) is 6.27. The number of ether oxygens (including phenoxy) is 1. The van der Waals surface area contributed by atoms with Gasteiger partial charge in [0.15, 0.2) is 0 Å². The zero-order chi connectivity index (χ0) is 12.5. The van der Waals surface area contributed by atoms with Gasteiger partial charge in [0.25, 0.3) is 0 Å². The van der Waals surface area contributed by atoms with Crippen molar-refractivity contribution in [2.24, 2.45) is 0 Å². The smallest absolute Gasteiger partial charge is 0.223 e. The molecular weight excluding hydrogens is 236 g/mol. The lowest BCUT2D eigenvalue weighted by Crippen LogP contribution is -2.26. The fraction of sp³-hybridized carbons (Fsp3) is 0.417. The molecule has 94 valence electrons. The van der Waals surface area contributed by atoms with Crippen molar-refractivity contribution >= 4 is 23.4 Å². The summed E-state index contributed by atoms with van der Waals surface area (Å²) in [5, 5.41) is 2.82. The SMILES string of the molecule is CSCCNC(=O)CCOc1cccc(N)c1. The fourth-order valence-electron chi connectivity index (χ4n) is 1.25. The van der Waals surface area contributed by atoms with E-state index in [9.17, 15) is 4.79 Å². The monoisotopic (exact) mass is 254 g/mol. The molecule has 0 heterocycles. The summed E-state index contributed by atoms with van der Waals surface area (Å²) in [4.78, 5) is 11.3. The summed E-state index contributed by atoms with van der Waals surface area (Å²) in [6, 6.07) is 7.18. The molecule has 0 bridgehead atoms. The van der Waals surface area contributed by atoms with Crippen molar-refractivity contribution in [1.29, 1.82) is 0 Å². The van der Waals surface area contributed by atoms with Crippen molar-refractivity contribution in [1.82, 2.24) is 5.32 Å². The molecule has 0 aromatic heterocycles. The molecule has 0 aliphatic rings. The lowest BCUT2D eigenvalue weighted by molar-refractivity contribution is -0.121. The van der Waals surface area contributed by atoms with Gasteiger partial charge in [-0.15, -0.1) is 0 Å². The van der Waals surface area contributed by atoms with Gasteiger partial charge in [-0.3, -0.25) is 4.79 Å². The number of carbonyl (C=O) groups is 1. The molecule has 17 heavy (non-hydrogen) atoms. The highest BCUT2D eigenvalue weighted by atomic mass is 32.2. The lowest BCUT2D eigenvalue weighted by Gasteiger charge is -2.07. The van der Waals surface area contributed by atoms with Gasteiger partial charge >= 0.3 is 0 Å². The normalized spacial score (nSPS) is 9.94. The number of thioether (sulfide) groups is 1. The second-order valence-electron chi connectivity index (χ2n) is 3.51. The first-order chi connectivity index (χ1) is 8.22. The van der Waals surface area contributed by atoms with Gasteiger partial charge in [-0.1, -0.05) is 6.07 Å². The van der Waals surface area contributed by atoms with E-state index in [0.717, 1.165) is 5.75 Å². The van der Waals surface area contributed by atoms with E-state index in [0.29, 0.717) is 31.0 Å². The van der Waals surface area contributed by atoms with Gasteiger partial charge in [0, 0.05) is 24.1 Å². The Labute approximate surface area is 106 Å². The number of nitrogens with two attached hydrogens (primary N) is 1. The van der Waals surface area contributed by atoms with E-state index in [1.54, 1.807) is 23.9 Å². The summed E-state index contributed by atoms with van der Waals surface area (Å²) < 4.78 is 5.42. The maximum absolute atomic E-state index is 11.3. The number of amides is 1. The van der Waals surface area contributed by atoms with Gasteiger partial charge in [0.2, 0.25) is 5.91 Å². The molecule has 4 nitrogen and oxygen atoms in total. The zero-order valence-corrected chi connectivity index (χ0v) is 10.8. The summed E-state index contributed by atoms with van der Waals surface area (Å²) >= 11 is 1.71. The topological polar surface area (TPSA) is 64.3 Å². The molecule has 5 heteroatoms. The maximum Gasteiger partial charge on any atom is 0.223 e. The van der Waals surface area contributed by atoms with Gasteiger partial charge in [-0.25, -0.2) is 0 Å². The first-order valence-corrected chi connectivity index (χ1v) is 6.85. The van der Waals surface area contributed by atoms with Crippen LogP contribution >= 0.6 is 11.8 Å². The number of carbonyl (C=O) groups excluding carboxylic acids is 1. The van der Waals surface area contributed by atoms with Crippen LogP contribution in [0.4, 0.5) is 5.69 Å². The van der Waals surface area contributed by atoms with Gasteiger partial charge < -0.3 is 15.8 Å². The number of hydrogen-bond acceptors (Lipinski definition) is 4. The van der Waals surface area contributed by atoms with Crippen molar-refractivity contribution in [2.45, 2.75) is 6.42 Å². The standard InChI is InChI=1S/C12H18N2O2S/c1-17-8-6-14-12(15)5-7-16-11-4-2-3-10(13)9-11/h2-4,9H,5-8,13H2,1H3,(H,14,15). The molecule has 1 aromatic carbocycles. The molecule has 0 unspecified atom stereocenters. The van der Waals surface area contributed by atoms with E-state index in [-0.39, 0.29) is 5.91 Å². The van der Waals surface area contributed by atoms with E-state index >= 15 is 0 Å². The molecule has 0 fully saturated rings. The molecule has 3 N–H and O–H groups in total. The first-order valence-electron chi connectivity index (χ1n) is 5.46. The largest absolute Gasteiger partial charge is 0.493 e. The average Bonchev–Trinajstić information content (AvgIpc) is 2.29. The van der Waals surface area contributed by atoms with Crippen molar-refractivity contribution in [3.63, 3.8) is 0 Å². The van der Waals surface area contributed by atoms with Crippen LogP contribution in [0, 0.1) is 0 Å². The number of nitrogens with one attached hydrogen (secondary N) is 1. The van der Waals surface area contributed by atoms with Crippen molar-refractivity contribution in [3.8, 4) is 5.75 Å². The predicted molar refractivity (Wildman–Crippen MR) is 72.4 cm³/mol. The Balaban J connectivity index is 2.17. The maximum atomic E-state index is 11.3. The van der Waals surface area contributed by atoms with Crippen molar-refractivity contribution < 1.29 is 9.53 Å². The number of anilines is 1. The molecule has 1 aromatic rings. The third-order valence-corrected chi connectivity index (χ3v) is 2.70. The Morgan fingerprint density at radius 2 is 2.35 bits per heavy atom. The van der Waals surface area contributed by atoms with Gasteiger partial charge in [0.1, 0.15) is 5.75 Å². The Bertz CT molecular complexity index is 358. The molecular formula is C12H18N2O2S. The van der Waals surface area contributed by atoms with E-state index in [4.69, 9.17) is 10.5 Å². The van der Waals surface area contributed by atoms with Crippen molar-refractivity contribution in [2.75, 3.05) is 30.9 Å². The van der Waals surface area contributed by atoms with Crippen LogP contribution in [-0.4, -0.2) is 31.1 Å². The van der Waals surface area contributed by atoms with Crippen LogP contribution in [0.1, 0.15) is 6.42 Å². The van der Waals surface area contributed by atoms with E-state index in [2.05, 4.69) is 5.32 Å². The second kappa shape index (κ2) is 7.84. The molecule has 0 saturated heterocycles. The predicted octanol–water partition coefficient (Wildman–Crippen LogP) is 1.52. The van der Waals surface area contributed by atoms with Crippen LogP contribution in [0.2, 0.25) is 0 Å². The van der Waals surface area contributed by atoms with Gasteiger partial charge in [0.05, 0.1) is 13.0 Å². The van der Waals surface area contributed by atoms with E-state index < -0.39 is 0 Å². The summed E-state index contributed by atoms with van der Waals surface area (Å²) in [6.45, 7) is 1.08. The van der Waals surface area contributed by atoms with Crippen LogP contribution in [0.15, 0.2) is 24.3 Å². The number of rotatable bonds is 7. The summed E-state index contributed by atoms with van der Waals surface area (Å²) in [6.07, 6.45) is 2.37. The number of benzene rings is 1. The molecule has 0 saturated carbocycles. The zero-order valence-electron chi connectivity index (χ0n) is 9.94. The minimum atomic E-state index is 0.0166. The van der Waals surface area contributed by atoms with Crippen LogP contribution in [-0.2, 0) is 4.79 Å². The molecule has 1 amide bonds. The van der Waals surface area contributed by atoms with Crippen LogP contribution in [0.25, 0.3) is 0 Å². The molecule has 0 spiro atoms. The molecule has 0 aliphatic heterocycles. The van der Waals surface area contributed by atoms with Gasteiger partial charge in [-0.05, 0) is 18.4 Å². The van der Waals surface area contributed by atoms with Crippen molar-refractivity contribution in [3.05, 3.63) is 24.3 Å². The third kappa shape index (κ3) is 6.06. The fourth-order valence-corrected chi connectivity index (χ4v) is 1.55. The highest BCUT2D eigenvalue weighted by Gasteiger charge is 2.01. The summed E-state index contributed by atoms with van der Waals surface area (Å²) in [5.74, 6) is 1.65. The highest BCUT2D eigenvalue weighted by Crippen LogP contribution is 2.14. The number of nitrogen functional groups attached to an aromatic ring is 1. The highest BCUT2D eigenvalue weighted by molar-refractivity contribution is 7.98. The van der Waals surface area contributed by atoms with E-state index in [1.807, 2.05) is 18.4 Å². The minimum absolute atomic E-state index is 0.0166. The average molecular weight is 254 g/mol. The Hall–Kier alpha value is -1.36. The second-order valence-corrected chi connectivity index (χ2v) is 4.50. The minimum Gasteiger partial charge on any atom is -0.493 e. The Kier molecular flexibility index (Phi) is 6.32. The number of hydrogen-bond donors (Lipinski definition) is 2. The molecule has 1 rings (SSSR count). The third-order valence-electron chi connectivity index (χ3n) is 2.08. The first kappa shape index (κ1) is 13.7. The van der Waals surface area contributed by atoms with Crippen LogP contribution in [0.5, 0.6) is 5.75 Å². The lowest BCUT2D eigenvalue weighted by atomic mass is 10.3. The van der Waals surface area contributed by atoms with Crippen LogP contribution < -0.4 is 15.8 Å². The summed E-state index contributed by atoms with van der Waals surface area (Å²) in [7, 11) is 0. The van der Waals surface area contributed by atoms with Gasteiger partial charge in [-0.2, -0.15) is 11.8 Å². The molecule has 0 aliphatic carbocycles. The van der Waals surface area contributed by atoms with E-state index in [1.165, 1.54) is 0 Å². The Morgan fingerprint density at radius 3 is 3.06 bits per heavy atom. The Morgan fingerprint density at radius 1 is 1.53 bits per heavy atom. The quantitative estimate of drug-likeness (QED) is 0.572. The molecule has 0 radical (unpaired) electrons. The molecule has 0 atom stereocenters. The van der Waals surface area contributed by atoms with Crippen LogP contribution in [0.3, 0.4) is 0 Å².